The van der Waals surface area contributed by atoms with Crippen molar-refractivity contribution in [2.75, 3.05) is 27.3 Å². The quantitative estimate of drug-likeness (QED) is 0.676. The number of hydrogen-bond donors (Lipinski definition) is 0. The van der Waals surface area contributed by atoms with E-state index in [9.17, 15) is 9.18 Å². The van der Waals surface area contributed by atoms with Gasteiger partial charge in [0.05, 0.1) is 14.2 Å². The Kier molecular flexibility index (Phi) is 5.60. The van der Waals surface area contributed by atoms with E-state index in [4.69, 9.17) is 9.47 Å². The van der Waals surface area contributed by atoms with Gasteiger partial charge in [0.2, 0.25) is 0 Å². The molecule has 2 aromatic rings. The van der Waals surface area contributed by atoms with Gasteiger partial charge in [-0.2, -0.15) is 0 Å². The highest BCUT2D eigenvalue weighted by Gasteiger charge is 2.36. The van der Waals surface area contributed by atoms with Gasteiger partial charge in [0.25, 0.3) is 0 Å². The molecule has 0 spiro atoms. The normalized spacial score (nSPS) is 19.7. The maximum atomic E-state index is 15.5. The molecule has 6 heteroatoms. The number of rotatable bonds is 5. The van der Waals surface area contributed by atoms with Crippen LogP contribution in [0.5, 0.6) is 11.5 Å². The number of methoxy groups -OCH3 is 2. The molecule has 0 unspecified atom stereocenters. The van der Waals surface area contributed by atoms with Gasteiger partial charge in [0.1, 0.15) is 11.5 Å². The molecule has 1 fully saturated rings. The molecular weight excluding hydrogens is 388 g/mol. The molecule has 1 aliphatic heterocycles. The fourth-order valence-corrected chi connectivity index (χ4v) is 4.26. The van der Waals surface area contributed by atoms with Crippen molar-refractivity contribution in [1.29, 1.82) is 0 Å². The van der Waals surface area contributed by atoms with Crippen molar-refractivity contribution in [2.24, 2.45) is 0 Å². The Morgan fingerprint density at radius 3 is 2.43 bits per heavy atom. The number of Topliss-reactive ketones (excluding diaryl/α,β-unsaturated/α-hetero) is 1. The van der Waals surface area contributed by atoms with E-state index in [1.807, 2.05) is 0 Å². The zero-order valence-electron chi connectivity index (χ0n) is 17.2. The van der Waals surface area contributed by atoms with Crippen LogP contribution in [-0.2, 0) is 13.0 Å². The Morgan fingerprint density at radius 2 is 1.77 bits per heavy atom. The number of benzene rings is 2. The Labute approximate surface area is 175 Å². The number of hydrogen-bond acceptors (Lipinski definition) is 4. The van der Waals surface area contributed by atoms with Crippen molar-refractivity contribution in [1.82, 2.24) is 4.90 Å². The van der Waals surface area contributed by atoms with Crippen molar-refractivity contribution in [3.8, 4) is 11.5 Å². The molecule has 1 aliphatic carbocycles. The average Bonchev–Trinajstić information content (AvgIpc) is 3.04. The van der Waals surface area contributed by atoms with E-state index in [1.165, 1.54) is 19.3 Å². The molecule has 2 aliphatic rings. The van der Waals surface area contributed by atoms with E-state index < -0.39 is 5.67 Å². The number of nitrogens with zero attached hydrogens (tertiary/aromatic N) is 1. The third-order valence-electron chi connectivity index (χ3n) is 6.00. The van der Waals surface area contributed by atoms with Gasteiger partial charge >= 0.3 is 0 Å². The molecule has 2 aromatic carbocycles. The van der Waals surface area contributed by atoms with Crippen LogP contribution >= 0.6 is 0 Å². The number of likely N-dealkylation sites (tertiary alicyclic amines) is 1. The Morgan fingerprint density at radius 1 is 1.10 bits per heavy atom. The van der Waals surface area contributed by atoms with Gasteiger partial charge in [-0.05, 0) is 42.7 Å². The summed E-state index contributed by atoms with van der Waals surface area (Å²) in [6.45, 7) is 1.48. The molecule has 1 saturated heterocycles. The second kappa shape index (κ2) is 8.19. The molecule has 0 aromatic heterocycles. The van der Waals surface area contributed by atoms with Crippen LogP contribution in [0, 0.1) is 5.82 Å². The molecular formula is C24H25F2NO3. The SMILES string of the molecule is COc1cc2c(cc1OC)C(=O)/C(=C\C1(F)CCN(Cc3ccccc3F)CC1)C2. The first-order valence-corrected chi connectivity index (χ1v) is 10.1. The van der Waals surface area contributed by atoms with Crippen LogP contribution in [0.1, 0.15) is 34.3 Å². The summed E-state index contributed by atoms with van der Waals surface area (Å²) < 4.78 is 40.0. The van der Waals surface area contributed by atoms with Crippen LogP contribution in [0.15, 0.2) is 48.0 Å². The van der Waals surface area contributed by atoms with E-state index in [0.29, 0.717) is 54.3 Å². The molecule has 4 rings (SSSR count). The van der Waals surface area contributed by atoms with E-state index in [1.54, 1.807) is 37.4 Å². The molecule has 158 valence electrons. The van der Waals surface area contributed by atoms with Crippen molar-refractivity contribution in [2.45, 2.75) is 31.5 Å². The minimum absolute atomic E-state index is 0.156. The Hall–Kier alpha value is -2.73. The number of halogens is 2. The Balaban J connectivity index is 1.46. The number of ether oxygens (including phenoxy) is 2. The maximum absolute atomic E-state index is 15.5. The minimum Gasteiger partial charge on any atom is -0.493 e. The predicted molar refractivity (Wildman–Crippen MR) is 110 cm³/mol. The highest BCUT2D eigenvalue weighted by atomic mass is 19.1. The first-order valence-electron chi connectivity index (χ1n) is 10.1. The lowest BCUT2D eigenvalue weighted by atomic mass is 9.90. The standard InChI is InChI=1S/C24H25F2NO3/c1-29-21-12-17-11-18(23(28)19(17)13-22(21)30-2)14-24(26)7-9-27(10-8-24)15-16-5-3-4-6-20(16)25/h3-6,12-14H,7-11,15H2,1-2H3/b18-14-. The monoisotopic (exact) mass is 413 g/mol. The van der Waals surface area contributed by atoms with Gasteiger partial charge < -0.3 is 9.47 Å². The average molecular weight is 413 g/mol. The second-order valence-electron chi connectivity index (χ2n) is 7.94. The van der Waals surface area contributed by atoms with Gasteiger partial charge in [-0.1, -0.05) is 18.2 Å². The first kappa shape index (κ1) is 20.5. The summed E-state index contributed by atoms with van der Waals surface area (Å²) in [5.74, 6) is 0.651. The largest absolute Gasteiger partial charge is 0.493 e. The van der Waals surface area contributed by atoms with Crippen molar-refractivity contribution in [3.05, 3.63) is 70.6 Å². The number of ketones is 1. The minimum atomic E-state index is -1.53. The Bertz CT molecular complexity index is 994. The van der Waals surface area contributed by atoms with E-state index >= 15 is 4.39 Å². The fraction of sp³-hybridized carbons (Fsp3) is 0.375. The van der Waals surface area contributed by atoms with Crippen LogP contribution < -0.4 is 9.47 Å². The van der Waals surface area contributed by atoms with E-state index in [-0.39, 0.29) is 24.4 Å². The van der Waals surface area contributed by atoms with Crippen LogP contribution in [0.4, 0.5) is 8.78 Å². The highest BCUT2D eigenvalue weighted by molar-refractivity contribution is 6.13. The van der Waals surface area contributed by atoms with Crippen LogP contribution in [0.25, 0.3) is 0 Å². The highest BCUT2D eigenvalue weighted by Crippen LogP contribution is 2.38. The summed E-state index contributed by atoms with van der Waals surface area (Å²) in [6.07, 6.45) is 2.45. The molecule has 0 radical (unpaired) electrons. The summed E-state index contributed by atoms with van der Waals surface area (Å²) in [4.78, 5) is 14.9. The number of carbonyl (C=O) groups excluding carboxylic acids is 1. The third-order valence-corrected chi connectivity index (χ3v) is 6.00. The van der Waals surface area contributed by atoms with Gasteiger partial charge in [-0.15, -0.1) is 0 Å². The molecule has 0 saturated carbocycles. The van der Waals surface area contributed by atoms with Crippen molar-refractivity contribution in [3.63, 3.8) is 0 Å². The number of allylic oxidation sites excluding steroid dienone is 2. The molecule has 0 bridgehead atoms. The molecule has 30 heavy (non-hydrogen) atoms. The number of alkyl halides is 1. The molecule has 0 amide bonds. The molecule has 4 nitrogen and oxygen atoms in total. The zero-order chi connectivity index (χ0) is 21.3. The van der Waals surface area contributed by atoms with Gasteiger partial charge in [-0.3, -0.25) is 9.69 Å². The smallest absolute Gasteiger partial charge is 0.189 e. The number of carbonyl (C=O) groups is 1. The van der Waals surface area contributed by atoms with Crippen molar-refractivity contribution < 1.29 is 23.0 Å². The van der Waals surface area contributed by atoms with E-state index in [0.717, 1.165) is 5.56 Å². The number of fused-ring (bicyclic) bond motifs is 1. The van der Waals surface area contributed by atoms with Crippen LogP contribution in [-0.4, -0.2) is 43.7 Å². The van der Waals surface area contributed by atoms with Gasteiger partial charge in [0.15, 0.2) is 17.3 Å². The molecule has 1 heterocycles. The summed E-state index contributed by atoms with van der Waals surface area (Å²) in [5.41, 5.74) is 0.924. The summed E-state index contributed by atoms with van der Waals surface area (Å²) >= 11 is 0. The van der Waals surface area contributed by atoms with E-state index in [2.05, 4.69) is 4.90 Å². The molecule has 0 atom stereocenters. The first-order chi connectivity index (χ1) is 14.4. The summed E-state index contributed by atoms with van der Waals surface area (Å²) in [5, 5.41) is 0. The van der Waals surface area contributed by atoms with Crippen molar-refractivity contribution >= 4 is 5.78 Å². The predicted octanol–water partition coefficient (Wildman–Crippen LogP) is 4.51. The lowest BCUT2D eigenvalue weighted by Gasteiger charge is -2.35. The van der Waals surface area contributed by atoms with Gasteiger partial charge in [0, 0.05) is 42.8 Å². The van der Waals surface area contributed by atoms with Crippen LogP contribution in [0.2, 0.25) is 0 Å². The fourth-order valence-electron chi connectivity index (χ4n) is 4.26. The second-order valence-corrected chi connectivity index (χ2v) is 7.94. The topological polar surface area (TPSA) is 38.8 Å². The van der Waals surface area contributed by atoms with Crippen LogP contribution in [0.3, 0.4) is 0 Å². The molecule has 0 N–H and O–H groups in total. The van der Waals surface area contributed by atoms with Gasteiger partial charge in [-0.25, -0.2) is 8.78 Å². The maximum Gasteiger partial charge on any atom is 0.189 e. The zero-order valence-corrected chi connectivity index (χ0v) is 17.2. The lowest BCUT2D eigenvalue weighted by molar-refractivity contribution is 0.0896. The lowest BCUT2D eigenvalue weighted by Crippen LogP contribution is -2.40. The summed E-state index contributed by atoms with van der Waals surface area (Å²) in [7, 11) is 3.06. The number of piperidine rings is 1. The summed E-state index contributed by atoms with van der Waals surface area (Å²) in [6, 6.07) is 10.1. The third kappa shape index (κ3) is 3.97.